The number of aromatic nitrogens is 2. The van der Waals surface area contributed by atoms with Crippen molar-refractivity contribution in [2.24, 2.45) is 10.9 Å². The van der Waals surface area contributed by atoms with E-state index in [4.69, 9.17) is 0 Å². The maximum atomic E-state index is 12.1. The van der Waals surface area contributed by atoms with Crippen LogP contribution < -0.4 is 10.6 Å². The summed E-state index contributed by atoms with van der Waals surface area (Å²) in [5.41, 5.74) is 0. The maximum Gasteiger partial charge on any atom is 0.191 e. The fraction of sp³-hybridized carbons (Fsp3) is 0.765. The Balaban J connectivity index is 1.76. The van der Waals surface area contributed by atoms with Crippen LogP contribution in [-0.2, 0) is 17.3 Å². The Morgan fingerprint density at radius 1 is 1.50 bits per heavy atom. The molecule has 2 N–H and O–H groups in total. The first-order valence-electron chi connectivity index (χ1n) is 8.94. The van der Waals surface area contributed by atoms with Gasteiger partial charge in [-0.2, -0.15) is 5.10 Å². The topological polar surface area (TPSA) is 71.3 Å². The van der Waals surface area contributed by atoms with Crippen molar-refractivity contribution in [3.8, 4) is 0 Å². The number of hydrogen-bond acceptors (Lipinski definition) is 3. The molecule has 4 atom stereocenters. The summed E-state index contributed by atoms with van der Waals surface area (Å²) >= 11 is 0. The van der Waals surface area contributed by atoms with E-state index in [2.05, 4.69) is 27.6 Å². The highest BCUT2D eigenvalue weighted by molar-refractivity contribution is 7.85. The molecule has 0 bridgehead atoms. The molecule has 2 rings (SSSR count). The average molecular weight is 354 g/mol. The molecule has 1 aliphatic carbocycles. The highest BCUT2D eigenvalue weighted by Crippen LogP contribution is 2.22. The van der Waals surface area contributed by atoms with Crippen molar-refractivity contribution in [3.63, 3.8) is 0 Å². The number of guanidine groups is 1. The van der Waals surface area contributed by atoms with Gasteiger partial charge < -0.3 is 10.6 Å². The summed E-state index contributed by atoms with van der Waals surface area (Å²) in [4.78, 5) is 4.34. The largest absolute Gasteiger partial charge is 0.356 e. The van der Waals surface area contributed by atoms with Crippen LogP contribution in [0.25, 0.3) is 0 Å². The Bertz CT molecular complexity index is 531. The van der Waals surface area contributed by atoms with Gasteiger partial charge >= 0.3 is 0 Å². The minimum absolute atomic E-state index is 0.332. The Morgan fingerprint density at radius 3 is 3.00 bits per heavy atom. The second kappa shape index (κ2) is 9.81. The smallest absolute Gasteiger partial charge is 0.191 e. The van der Waals surface area contributed by atoms with E-state index in [0.717, 1.165) is 50.5 Å². The molecule has 1 fully saturated rings. The van der Waals surface area contributed by atoms with Gasteiger partial charge in [-0.25, -0.2) is 0 Å². The van der Waals surface area contributed by atoms with Crippen LogP contribution >= 0.6 is 0 Å². The first-order valence-corrected chi connectivity index (χ1v) is 10.3. The number of hydrogen-bond donors (Lipinski definition) is 2. The van der Waals surface area contributed by atoms with Gasteiger partial charge in [-0.1, -0.05) is 20.3 Å². The fourth-order valence-electron chi connectivity index (χ4n) is 3.20. The molecule has 0 aromatic carbocycles. The molecule has 0 spiro atoms. The molecule has 136 valence electrons. The van der Waals surface area contributed by atoms with Gasteiger partial charge in [0.1, 0.15) is 0 Å². The van der Waals surface area contributed by atoms with Crippen LogP contribution in [0.1, 0.15) is 39.5 Å². The second-order valence-corrected chi connectivity index (χ2v) is 8.59. The van der Waals surface area contributed by atoms with Gasteiger partial charge in [-0.3, -0.25) is 13.9 Å². The van der Waals surface area contributed by atoms with Gasteiger partial charge in [-0.05, 0) is 31.2 Å². The van der Waals surface area contributed by atoms with E-state index in [1.807, 2.05) is 23.9 Å². The van der Waals surface area contributed by atoms with Crippen molar-refractivity contribution in [1.82, 2.24) is 20.4 Å². The highest BCUT2D eigenvalue weighted by Gasteiger charge is 2.26. The molecule has 1 heterocycles. The minimum atomic E-state index is -0.691. The van der Waals surface area contributed by atoms with Crippen molar-refractivity contribution >= 4 is 16.8 Å². The third-order valence-electron chi connectivity index (χ3n) is 4.52. The lowest BCUT2D eigenvalue weighted by Crippen LogP contribution is -2.47. The fourth-order valence-corrected chi connectivity index (χ4v) is 4.55. The van der Waals surface area contributed by atoms with E-state index in [0.29, 0.717) is 17.2 Å². The molecule has 4 unspecified atom stereocenters. The first-order chi connectivity index (χ1) is 11.6. The standard InChI is InChI=1S/C17H31N5OS/c1-4-24(23)16-8-5-7-15(11-16)21-17(18-3)19-12-14(2)13-22-10-6-9-20-22/h6,9-10,14-16H,4-5,7-8,11-13H2,1-3H3,(H2,18,19,21). The van der Waals surface area contributed by atoms with Gasteiger partial charge in [0.15, 0.2) is 5.96 Å². The van der Waals surface area contributed by atoms with Gasteiger partial charge in [-0.15, -0.1) is 0 Å². The van der Waals surface area contributed by atoms with Crippen molar-refractivity contribution in [3.05, 3.63) is 18.5 Å². The summed E-state index contributed by atoms with van der Waals surface area (Å²) in [5.74, 6) is 2.06. The zero-order valence-electron chi connectivity index (χ0n) is 15.1. The lowest BCUT2D eigenvalue weighted by atomic mass is 9.95. The molecule has 0 radical (unpaired) electrons. The molecule has 1 saturated carbocycles. The number of nitrogens with one attached hydrogen (secondary N) is 2. The summed E-state index contributed by atoms with van der Waals surface area (Å²) in [6.45, 7) is 5.94. The van der Waals surface area contributed by atoms with Gasteiger partial charge in [0.05, 0.1) is 0 Å². The predicted molar refractivity (Wildman–Crippen MR) is 101 cm³/mol. The monoisotopic (exact) mass is 353 g/mol. The molecule has 24 heavy (non-hydrogen) atoms. The molecular formula is C17H31N5OS. The van der Waals surface area contributed by atoms with E-state index in [1.165, 1.54) is 0 Å². The molecule has 0 aliphatic heterocycles. The summed E-state index contributed by atoms with van der Waals surface area (Å²) < 4.78 is 14.0. The van der Waals surface area contributed by atoms with Crippen LogP contribution in [0.3, 0.4) is 0 Å². The molecule has 0 amide bonds. The molecule has 1 aromatic rings. The SMILES string of the molecule is CCS(=O)C1CCCC(NC(=NC)NCC(C)Cn2cccn2)C1. The zero-order chi connectivity index (χ0) is 17.4. The van der Waals surface area contributed by atoms with E-state index in [9.17, 15) is 4.21 Å². The molecule has 0 saturated heterocycles. The van der Waals surface area contributed by atoms with Crippen molar-refractivity contribution in [1.29, 1.82) is 0 Å². The van der Waals surface area contributed by atoms with Crippen LogP contribution in [0.4, 0.5) is 0 Å². The van der Waals surface area contributed by atoms with Crippen LogP contribution in [0.5, 0.6) is 0 Å². The van der Waals surface area contributed by atoms with Crippen LogP contribution in [0, 0.1) is 5.92 Å². The first kappa shape index (κ1) is 19.0. The lowest BCUT2D eigenvalue weighted by Gasteiger charge is -2.30. The van der Waals surface area contributed by atoms with Gasteiger partial charge in [0.2, 0.25) is 0 Å². The molecule has 7 heteroatoms. The lowest BCUT2D eigenvalue weighted by molar-refractivity contribution is 0.407. The minimum Gasteiger partial charge on any atom is -0.356 e. The molecular weight excluding hydrogens is 322 g/mol. The van der Waals surface area contributed by atoms with Crippen molar-refractivity contribution in [2.75, 3.05) is 19.3 Å². The highest BCUT2D eigenvalue weighted by atomic mass is 32.2. The van der Waals surface area contributed by atoms with Gasteiger partial charge in [0.25, 0.3) is 0 Å². The summed E-state index contributed by atoms with van der Waals surface area (Å²) in [6.07, 6.45) is 8.12. The van der Waals surface area contributed by atoms with Crippen molar-refractivity contribution < 1.29 is 4.21 Å². The Kier molecular flexibility index (Phi) is 7.75. The van der Waals surface area contributed by atoms with E-state index in [1.54, 1.807) is 13.2 Å². The maximum absolute atomic E-state index is 12.1. The molecule has 1 aliphatic rings. The van der Waals surface area contributed by atoms with E-state index >= 15 is 0 Å². The second-order valence-electron chi connectivity index (χ2n) is 6.59. The van der Waals surface area contributed by atoms with E-state index < -0.39 is 10.8 Å². The van der Waals surface area contributed by atoms with Crippen LogP contribution in [0.15, 0.2) is 23.5 Å². The van der Waals surface area contributed by atoms with Crippen molar-refractivity contribution in [2.45, 2.75) is 57.4 Å². The summed E-state index contributed by atoms with van der Waals surface area (Å²) in [5, 5.41) is 11.5. The van der Waals surface area contributed by atoms with E-state index in [-0.39, 0.29) is 0 Å². The van der Waals surface area contributed by atoms with Crippen LogP contribution in [-0.4, -0.2) is 50.6 Å². The zero-order valence-corrected chi connectivity index (χ0v) is 15.9. The third-order valence-corrected chi connectivity index (χ3v) is 6.26. The summed E-state index contributed by atoms with van der Waals surface area (Å²) in [7, 11) is 1.11. The number of aliphatic imine (C=N–C) groups is 1. The quantitative estimate of drug-likeness (QED) is 0.579. The Morgan fingerprint density at radius 2 is 2.33 bits per heavy atom. The summed E-state index contributed by atoms with van der Waals surface area (Å²) in [6, 6.07) is 2.31. The number of rotatable bonds is 7. The Labute approximate surface area is 148 Å². The Hall–Kier alpha value is -1.37. The predicted octanol–water partition coefficient (Wildman–Crippen LogP) is 1.76. The third kappa shape index (κ3) is 5.92. The number of nitrogens with zero attached hydrogens (tertiary/aromatic N) is 3. The normalized spacial score (nSPS) is 24.4. The van der Waals surface area contributed by atoms with Crippen LogP contribution in [0.2, 0.25) is 0 Å². The van der Waals surface area contributed by atoms with Gasteiger partial charge in [0, 0.05) is 60.4 Å². The molecule has 6 nitrogen and oxygen atoms in total. The average Bonchev–Trinajstić information content (AvgIpc) is 3.11. The molecule has 1 aromatic heterocycles.